The third kappa shape index (κ3) is 31.5. The highest BCUT2D eigenvalue weighted by Gasteiger charge is 2.33. The highest BCUT2D eigenvalue weighted by molar-refractivity contribution is 7.98. The fourth-order valence-corrected chi connectivity index (χ4v) is 13.6. The topological polar surface area (TPSA) is 245 Å². The van der Waals surface area contributed by atoms with Gasteiger partial charge in [-0.2, -0.15) is 0 Å². The first-order chi connectivity index (χ1) is 55.5. The number of fused-ring (bicyclic) bond motifs is 2. The van der Waals surface area contributed by atoms with Crippen LogP contribution >= 0.6 is 112 Å². The average molecular weight is 1760 g/mol. The predicted octanol–water partition coefficient (Wildman–Crippen LogP) is 20.4. The molecule has 0 spiro atoms. The van der Waals surface area contributed by atoms with Gasteiger partial charge in [0.05, 0.1) is 51.6 Å². The number of carbonyl (C=O) groups excluding carboxylic acids is 8. The molecule has 3 heterocycles. The van der Waals surface area contributed by atoms with Crippen molar-refractivity contribution in [2.45, 2.75) is 52.4 Å². The van der Waals surface area contributed by atoms with Crippen molar-refractivity contribution in [3.8, 4) is 39.3 Å². The number of alkyl halides is 3. The van der Waals surface area contributed by atoms with Crippen LogP contribution in [0.4, 0.5) is 24.5 Å². The molecule has 19 nitrogen and oxygen atoms in total. The molecule has 0 saturated carbocycles. The minimum absolute atomic E-state index is 0.00542. The molecule has 1 atom stereocenters. The van der Waals surface area contributed by atoms with Crippen molar-refractivity contribution in [1.29, 1.82) is 0 Å². The van der Waals surface area contributed by atoms with Gasteiger partial charge in [-0.05, 0) is 138 Å². The first-order valence-electron chi connectivity index (χ1n) is 35.2. The van der Waals surface area contributed by atoms with E-state index in [2.05, 4.69) is 147 Å². The lowest BCUT2D eigenvalue weighted by Crippen LogP contribution is -2.38. The van der Waals surface area contributed by atoms with Crippen LogP contribution in [0.3, 0.4) is 0 Å². The van der Waals surface area contributed by atoms with Crippen molar-refractivity contribution in [3.05, 3.63) is 307 Å². The van der Waals surface area contributed by atoms with Gasteiger partial charge in [-0.3, -0.25) is 53.4 Å². The fraction of sp³-hybridized carbons (Fsp3) is 0.198. The maximum absolute atomic E-state index is 11.7. The summed E-state index contributed by atoms with van der Waals surface area (Å²) in [6.45, 7) is 9.79. The van der Waals surface area contributed by atoms with Crippen LogP contribution in [0, 0.1) is 22.5 Å². The number of rotatable bonds is 18. The van der Waals surface area contributed by atoms with Gasteiger partial charge in [-0.15, -0.1) is 113 Å². The van der Waals surface area contributed by atoms with E-state index in [0.717, 1.165) is 82.1 Å². The fourth-order valence-electron chi connectivity index (χ4n) is 11.3. The summed E-state index contributed by atoms with van der Waals surface area (Å²) in [7, 11) is 6.34. The normalized spacial score (nSPS) is 12.8. The van der Waals surface area contributed by atoms with Crippen LogP contribution in [0.2, 0.25) is 0 Å². The molecule has 11 aromatic rings. The van der Waals surface area contributed by atoms with Gasteiger partial charge < -0.3 is 28.6 Å². The lowest BCUT2D eigenvalue weighted by molar-refractivity contribution is -0.384. The van der Waals surface area contributed by atoms with Crippen LogP contribution in [0.1, 0.15) is 127 Å². The van der Waals surface area contributed by atoms with E-state index in [1.807, 2.05) is 146 Å². The number of nitrogens with zero attached hydrogens (tertiary/aromatic N) is 4. The monoisotopic (exact) mass is 1760 g/mol. The average Bonchev–Trinajstić information content (AvgIpc) is 1.31. The number of non-ortho nitro benzene ring substituents is 1. The number of nitro benzene ring substituents is 1. The van der Waals surface area contributed by atoms with E-state index in [-0.39, 0.29) is 59.3 Å². The number of aromatic nitrogens is 1. The van der Waals surface area contributed by atoms with Crippen LogP contribution in [0.5, 0.6) is 28.7 Å². The van der Waals surface area contributed by atoms with Gasteiger partial charge in [0.15, 0.2) is 16.6 Å². The summed E-state index contributed by atoms with van der Waals surface area (Å²) in [4.78, 5) is 107. The Labute approximate surface area is 723 Å². The molecule has 0 radical (unpaired) electrons. The highest BCUT2D eigenvalue weighted by atomic mass is 32.1. The molecule has 1 aromatic heterocycles. The minimum Gasteiger partial charge on any atom is -0.497 e. The second-order valence-electron chi connectivity index (χ2n) is 25.8. The number of anilines is 1. The van der Waals surface area contributed by atoms with Crippen molar-refractivity contribution in [2.75, 3.05) is 59.5 Å². The molecular formula is C86H83F3N4O15S9. The van der Waals surface area contributed by atoms with Crippen LogP contribution in [-0.2, 0) is 11.2 Å². The number of thiazole rings is 1. The number of nitro groups is 1. The molecule has 10 aromatic carbocycles. The lowest BCUT2D eigenvalue weighted by Gasteiger charge is -2.38. The first kappa shape index (κ1) is 96.0. The SMILES string of the molecule is CC1(C)CCN(c2ccc(C(=O)S)cc2)CC1.COc1cc(OC)cc(C(=O)S)c1.COc1cc2c(cc1OC)C(c1ccccc1)N(CC(=O)S)CC2.Cc1nc(-c2ccccc2)sc1C(=O)S.O=C(S)c1ccc(OC(F)(F)F)cc1.O=C(S)c1cccc([N+](=O)[O-])c1.O=C(S)c1cccc2ccccc12.O=C(S)c1ccccc1. The minimum atomic E-state index is -4.72. The Balaban J connectivity index is 0.000000211. The zero-order valence-electron chi connectivity index (χ0n) is 64.1. The van der Waals surface area contributed by atoms with Gasteiger partial charge in [0.2, 0.25) is 35.8 Å². The Morgan fingerprint density at radius 1 is 0.513 bits per heavy atom. The Bertz CT molecular complexity index is 5140. The van der Waals surface area contributed by atoms with E-state index in [1.54, 1.807) is 50.6 Å². The smallest absolute Gasteiger partial charge is 0.497 e. The number of benzene rings is 10. The second-order valence-corrected chi connectivity index (χ2v) is 30.2. The Morgan fingerprint density at radius 2 is 0.991 bits per heavy atom. The summed E-state index contributed by atoms with van der Waals surface area (Å²) < 4.78 is 59.6. The largest absolute Gasteiger partial charge is 0.573 e. The number of thiol groups is 8. The number of methoxy groups -OCH3 is 4. The third-order valence-corrected chi connectivity index (χ3v) is 20.6. The zero-order chi connectivity index (χ0) is 86.1. The molecule has 0 bridgehead atoms. The number of piperidine rings is 1. The van der Waals surface area contributed by atoms with Gasteiger partial charge in [0.25, 0.3) is 5.69 Å². The van der Waals surface area contributed by atoms with Gasteiger partial charge in [-0.25, -0.2) is 4.98 Å². The molecule has 0 aliphatic carbocycles. The van der Waals surface area contributed by atoms with Crippen molar-refractivity contribution >= 4 is 175 Å². The van der Waals surface area contributed by atoms with E-state index in [9.17, 15) is 61.6 Å². The molecule has 612 valence electrons. The molecule has 117 heavy (non-hydrogen) atoms. The first-order valence-corrected chi connectivity index (χ1v) is 39.6. The van der Waals surface area contributed by atoms with E-state index < -0.39 is 21.5 Å². The number of carbonyl (C=O) groups is 8. The summed E-state index contributed by atoms with van der Waals surface area (Å²) in [5.41, 5.74) is 9.76. The third-order valence-electron chi connectivity index (χ3n) is 17.3. The predicted molar refractivity (Wildman–Crippen MR) is 480 cm³/mol. The van der Waals surface area contributed by atoms with Crippen LogP contribution < -0.4 is 28.6 Å². The van der Waals surface area contributed by atoms with E-state index in [4.69, 9.17) is 18.9 Å². The molecule has 2 aliphatic rings. The Kier molecular flexibility index (Phi) is 39.0. The molecule has 1 saturated heterocycles. The zero-order valence-corrected chi connectivity index (χ0v) is 72.0. The van der Waals surface area contributed by atoms with Crippen LogP contribution in [-0.4, -0.2) is 117 Å². The molecule has 1 unspecified atom stereocenters. The van der Waals surface area contributed by atoms with Gasteiger partial charge in [-0.1, -0.05) is 166 Å². The Morgan fingerprint density at radius 3 is 1.47 bits per heavy atom. The molecule has 0 N–H and O–H groups in total. The second kappa shape index (κ2) is 47.6. The molecule has 13 rings (SSSR count). The quantitative estimate of drug-likeness (QED) is 0.0226. The van der Waals surface area contributed by atoms with Gasteiger partial charge in [0.1, 0.15) is 27.1 Å². The van der Waals surface area contributed by atoms with E-state index in [1.165, 1.54) is 86.0 Å². The van der Waals surface area contributed by atoms with Crippen molar-refractivity contribution in [1.82, 2.24) is 9.88 Å². The van der Waals surface area contributed by atoms with Crippen molar-refractivity contribution < 1.29 is 80.1 Å². The number of hydrogen-bond donors (Lipinski definition) is 8. The number of ether oxygens (including phenoxy) is 5. The molecule has 31 heteroatoms. The molecule has 0 amide bonds. The lowest BCUT2D eigenvalue weighted by atomic mass is 9.82. The number of aryl methyl sites for hydroxylation is 1. The summed E-state index contributed by atoms with van der Waals surface area (Å²) in [6, 6.07) is 69.1. The molecule has 1 fully saturated rings. The van der Waals surface area contributed by atoms with Crippen LogP contribution in [0.15, 0.2) is 237 Å². The van der Waals surface area contributed by atoms with Crippen molar-refractivity contribution in [3.63, 3.8) is 0 Å². The summed E-state index contributed by atoms with van der Waals surface area (Å²) in [6.07, 6.45) is -1.41. The number of halogens is 3. The van der Waals surface area contributed by atoms with E-state index in [0.29, 0.717) is 56.3 Å². The molecular weight excluding hydrogens is 1670 g/mol. The summed E-state index contributed by atoms with van der Waals surface area (Å²) in [5, 5.41) is 11.0. The summed E-state index contributed by atoms with van der Waals surface area (Å²) >= 11 is 31.2. The van der Waals surface area contributed by atoms with Crippen LogP contribution in [0.25, 0.3) is 21.3 Å². The molecule has 2 aliphatic heterocycles. The Hall–Kier alpha value is -9.80. The summed E-state index contributed by atoms with van der Waals surface area (Å²) in [5.74, 6) is 2.24. The van der Waals surface area contributed by atoms with E-state index >= 15 is 0 Å². The maximum atomic E-state index is 11.7. The highest BCUT2D eigenvalue weighted by Crippen LogP contribution is 2.42. The van der Waals surface area contributed by atoms with Gasteiger partial charge in [0, 0.05) is 82.5 Å². The number of hydrogen-bond acceptors (Lipinski definition) is 19. The standard InChI is InChI=1S/C19H21NO3S.C14H19NOS.C11H9NOS2.C11H8OS.C9H10O3S.C8H5F3O2S.C7H5NO3S.C7H6OS/c1-22-16-10-14-8-9-20(12-18(21)24)19(13-6-4-3-5-7-13)15(14)11-17(16)23-2;1-14(2)7-9-15(10-8-14)12-5-3-11(4-6-12)13(16)17;1-7-9(11(13)14)15-10(12-7)8-5-3-2-4-6-8;12-11(13)10-7-3-5-8-4-1-2-6-9(8)10;1-11-7-3-6(9(10)13)4-8(5-7)12-2;9-8(10,11)13-6-3-1-5(2-4-6)7(12)14;9-7(12)5-2-1-3-6(4-5)8(10)11;8-7(9)6-4-2-1-3-5-6/h3-7,10-11,19H,8-9,12H2,1-2H3,(H,21,24);3-6H,7-10H2,1-2H3,(H,16,17);2-6H,1H3,(H,13,14);1-7H,(H,12,13);3-5H,1-2H3,(H,10,13);1-4H,(H,12,14);1-4H,(H,9,12);1-5H,(H,8,9). The van der Waals surface area contributed by atoms with Gasteiger partial charge >= 0.3 is 6.36 Å². The maximum Gasteiger partial charge on any atom is 0.573 e. The van der Waals surface area contributed by atoms with Crippen molar-refractivity contribution in [2.24, 2.45) is 5.41 Å².